The highest BCUT2D eigenvalue weighted by atomic mass is 16.5. The Morgan fingerprint density at radius 3 is 2.37 bits per heavy atom. The Labute approximate surface area is 162 Å². The standard InChI is InChI=1S/C21H31N3O3/c1-16-10-17(2)12-19(11-16)14-23-4-5-24(15-20(23)25)21(26)18(3)13-22-6-8-27-9-7-22/h10-12,18H,4-9,13-15H2,1-3H3. The first-order chi connectivity index (χ1) is 12.9. The van der Waals surface area contributed by atoms with Gasteiger partial charge in [-0.05, 0) is 19.4 Å². The number of amides is 2. The summed E-state index contributed by atoms with van der Waals surface area (Å²) in [5.74, 6) is 0.0232. The molecule has 2 aliphatic heterocycles. The molecular weight excluding hydrogens is 342 g/mol. The van der Waals surface area contributed by atoms with E-state index in [0.717, 1.165) is 38.4 Å². The number of benzene rings is 1. The van der Waals surface area contributed by atoms with Gasteiger partial charge in [-0.3, -0.25) is 14.5 Å². The van der Waals surface area contributed by atoms with E-state index in [0.29, 0.717) is 19.6 Å². The quantitative estimate of drug-likeness (QED) is 0.784. The Morgan fingerprint density at radius 2 is 1.74 bits per heavy atom. The van der Waals surface area contributed by atoms with E-state index in [-0.39, 0.29) is 24.3 Å². The lowest BCUT2D eigenvalue weighted by Crippen LogP contribution is -2.54. The molecule has 0 aliphatic carbocycles. The molecule has 0 radical (unpaired) electrons. The number of hydrogen-bond donors (Lipinski definition) is 0. The fraction of sp³-hybridized carbons (Fsp3) is 0.619. The molecule has 6 nitrogen and oxygen atoms in total. The molecule has 2 aliphatic rings. The van der Waals surface area contributed by atoms with Gasteiger partial charge in [-0.1, -0.05) is 36.2 Å². The number of carbonyl (C=O) groups excluding carboxylic acids is 2. The summed E-state index contributed by atoms with van der Waals surface area (Å²) in [4.78, 5) is 31.2. The Bertz CT molecular complexity index is 665. The van der Waals surface area contributed by atoms with Gasteiger partial charge in [-0.15, -0.1) is 0 Å². The first-order valence-corrected chi connectivity index (χ1v) is 9.86. The molecule has 0 saturated carbocycles. The van der Waals surface area contributed by atoms with Crippen LogP contribution in [0, 0.1) is 19.8 Å². The third kappa shape index (κ3) is 5.30. The SMILES string of the molecule is Cc1cc(C)cc(CN2CCN(C(=O)C(C)CN3CCOCC3)CC2=O)c1. The molecule has 1 unspecified atom stereocenters. The van der Waals surface area contributed by atoms with E-state index in [1.807, 2.05) is 11.8 Å². The van der Waals surface area contributed by atoms with Crippen LogP contribution in [0.3, 0.4) is 0 Å². The van der Waals surface area contributed by atoms with Crippen molar-refractivity contribution in [2.24, 2.45) is 5.92 Å². The summed E-state index contributed by atoms with van der Waals surface area (Å²) in [5, 5.41) is 0. The zero-order valence-corrected chi connectivity index (χ0v) is 16.7. The average molecular weight is 373 g/mol. The van der Waals surface area contributed by atoms with Crippen LogP contribution >= 0.6 is 0 Å². The minimum absolute atomic E-state index is 0.0346. The second-order valence-electron chi connectivity index (χ2n) is 7.89. The maximum Gasteiger partial charge on any atom is 0.242 e. The second-order valence-corrected chi connectivity index (χ2v) is 7.89. The molecular formula is C21H31N3O3. The van der Waals surface area contributed by atoms with Crippen molar-refractivity contribution in [3.8, 4) is 0 Å². The fourth-order valence-electron chi connectivity index (χ4n) is 4.01. The molecule has 0 aromatic heterocycles. The zero-order chi connectivity index (χ0) is 19.4. The molecule has 2 amide bonds. The molecule has 6 heteroatoms. The zero-order valence-electron chi connectivity index (χ0n) is 16.7. The van der Waals surface area contributed by atoms with Crippen LogP contribution in [0.5, 0.6) is 0 Å². The highest BCUT2D eigenvalue weighted by Crippen LogP contribution is 2.15. The van der Waals surface area contributed by atoms with Crippen molar-refractivity contribution >= 4 is 11.8 Å². The van der Waals surface area contributed by atoms with Crippen molar-refractivity contribution in [1.82, 2.24) is 14.7 Å². The third-order valence-corrected chi connectivity index (χ3v) is 5.34. The van der Waals surface area contributed by atoms with Crippen molar-refractivity contribution in [1.29, 1.82) is 0 Å². The van der Waals surface area contributed by atoms with Gasteiger partial charge in [0, 0.05) is 45.2 Å². The molecule has 1 aromatic carbocycles. The lowest BCUT2D eigenvalue weighted by molar-refractivity contribution is -0.148. The normalized spacial score (nSPS) is 20.0. The number of piperazine rings is 1. The largest absolute Gasteiger partial charge is 0.379 e. The van der Waals surface area contributed by atoms with Crippen LogP contribution in [0.2, 0.25) is 0 Å². The van der Waals surface area contributed by atoms with Gasteiger partial charge in [0.25, 0.3) is 0 Å². The summed E-state index contributed by atoms with van der Waals surface area (Å²) < 4.78 is 5.36. The minimum atomic E-state index is -0.0955. The van der Waals surface area contributed by atoms with Crippen LogP contribution in [-0.4, -0.2) is 79.0 Å². The summed E-state index contributed by atoms with van der Waals surface area (Å²) in [7, 11) is 0. The predicted octanol–water partition coefficient (Wildman–Crippen LogP) is 1.44. The fourth-order valence-corrected chi connectivity index (χ4v) is 4.01. The topological polar surface area (TPSA) is 53.1 Å². The van der Waals surface area contributed by atoms with E-state index >= 15 is 0 Å². The van der Waals surface area contributed by atoms with Crippen molar-refractivity contribution in [3.63, 3.8) is 0 Å². The molecule has 0 N–H and O–H groups in total. The molecule has 0 bridgehead atoms. The van der Waals surface area contributed by atoms with Gasteiger partial charge < -0.3 is 14.5 Å². The monoisotopic (exact) mass is 373 g/mol. The number of aryl methyl sites for hydroxylation is 2. The molecule has 2 saturated heterocycles. The van der Waals surface area contributed by atoms with Crippen LogP contribution in [0.25, 0.3) is 0 Å². The van der Waals surface area contributed by atoms with Gasteiger partial charge in [0.2, 0.25) is 11.8 Å². The van der Waals surface area contributed by atoms with Gasteiger partial charge >= 0.3 is 0 Å². The smallest absolute Gasteiger partial charge is 0.242 e. The molecule has 2 fully saturated rings. The van der Waals surface area contributed by atoms with E-state index in [1.54, 1.807) is 4.90 Å². The van der Waals surface area contributed by atoms with E-state index in [9.17, 15) is 9.59 Å². The highest BCUT2D eigenvalue weighted by molar-refractivity contribution is 5.87. The van der Waals surface area contributed by atoms with Gasteiger partial charge in [0.1, 0.15) is 0 Å². The Morgan fingerprint density at radius 1 is 1.07 bits per heavy atom. The second kappa shape index (κ2) is 8.85. The maximum absolute atomic E-state index is 12.8. The summed E-state index contributed by atoms with van der Waals surface area (Å²) >= 11 is 0. The number of carbonyl (C=O) groups is 2. The molecule has 148 valence electrons. The molecule has 1 atom stereocenters. The molecule has 0 spiro atoms. The van der Waals surface area contributed by atoms with Crippen molar-refractivity contribution in [2.45, 2.75) is 27.3 Å². The first-order valence-electron chi connectivity index (χ1n) is 9.86. The van der Waals surface area contributed by atoms with E-state index < -0.39 is 0 Å². The number of hydrogen-bond acceptors (Lipinski definition) is 4. The van der Waals surface area contributed by atoms with Gasteiger partial charge in [0.05, 0.1) is 19.8 Å². The van der Waals surface area contributed by atoms with Gasteiger partial charge in [0.15, 0.2) is 0 Å². The molecule has 27 heavy (non-hydrogen) atoms. The lowest BCUT2D eigenvalue weighted by Gasteiger charge is -2.36. The molecule has 1 aromatic rings. The number of rotatable bonds is 5. The third-order valence-electron chi connectivity index (χ3n) is 5.34. The lowest BCUT2D eigenvalue weighted by atomic mass is 10.1. The van der Waals surface area contributed by atoms with Crippen LogP contribution < -0.4 is 0 Å². The minimum Gasteiger partial charge on any atom is -0.379 e. The predicted molar refractivity (Wildman–Crippen MR) is 104 cm³/mol. The summed E-state index contributed by atoms with van der Waals surface area (Å²) in [6.45, 7) is 12.1. The van der Waals surface area contributed by atoms with E-state index in [4.69, 9.17) is 4.74 Å². The summed E-state index contributed by atoms with van der Waals surface area (Å²) in [6.07, 6.45) is 0. The average Bonchev–Trinajstić information content (AvgIpc) is 2.63. The van der Waals surface area contributed by atoms with E-state index in [2.05, 4.69) is 36.9 Å². The van der Waals surface area contributed by atoms with Crippen LogP contribution in [-0.2, 0) is 20.9 Å². The highest BCUT2D eigenvalue weighted by Gasteiger charge is 2.30. The van der Waals surface area contributed by atoms with Gasteiger partial charge in [-0.2, -0.15) is 0 Å². The number of nitrogens with zero attached hydrogens (tertiary/aromatic N) is 3. The molecule has 2 heterocycles. The van der Waals surface area contributed by atoms with Crippen LogP contribution in [0.15, 0.2) is 18.2 Å². The van der Waals surface area contributed by atoms with Crippen LogP contribution in [0.4, 0.5) is 0 Å². The van der Waals surface area contributed by atoms with Crippen molar-refractivity contribution in [3.05, 3.63) is 34.9 Å². The Balaban J connectivity index is 1.52. The number of morpholine rings is 1. The molecule has 3 rings (SSSR count). The Kier molecular flexibility index (Phi) is 6.50. The van der Waals surface area contributed by atoms with Crippen molar-refractivity contribution in [2.75, 3.05) is 52.5 Å². The maximum atomic E-state index is 12.8. The summed E-state index contributed by atoms with van der Waals surface area (Å²) in [6, 6.07) is 6.39. The number of ether oxygens (including phenoxy) is 1. The first kappa shape index (κ1) is 19.8. The van der Waals surface area contributed by atoms with Crippen LogP contribution in [0.1, 0.15) is 23.6 Å². The van der Waals surface area contributed by atoms with Crippen molar-refractivity contribution < 1.29 is 14.3 Å². The summed E-state index contributed by atoms with van der Waals surface area (Å²) in [5.41, 5.74) is 3.58. The Hall–Kier alpha value is -1.92. The van der Waals surface area contributed by atoms with E-state index in [1.165, 1.54) is 11.1 Å². The van der Waals surface area contributed by atoms with Gasteiger partial charge in [-0.25, -0.2) is 0 Å².